The normalized spacial score (nSPS) is 18.2. The van der Waals surface area contributed by atoms with Crippen molar-refractivity contribution in [3.8, 4) is 0 Å². The Bertz CT molecular complexity index is 542. The lowest BCUT2D eigenvalue weighted by Gasteiger charge is -2.32. The van der Waals surface area contributed by atoms with Crippen LogP contribution in [0.15, 0.2) is 17.1 Å². The van der Waals surface area contributed by atoms with Crippen LogP contribution in [0.25, 0.3) is 0 Å². The molecule has 0 unspecified atom stereocenters. The van der Waals surface area contributed by atoms with Crippen molar-refractivity contribution in [2.45, 2.75) is 31.9 Å². The predicted molar refractivity (Wildman–Crippen MR) is 67.4 cm³/mol. The molecule has 0 spiro atoms. The molecule has 0 aliphatic carbocycles. The Hall–Kier alpha value is -1.66. The summed E-state index contributed by atoms with van der Waals surface area (Å²) in [7, 11) is 0. The van der Waals surface area contributed by atoms with Crippen LogP contribution < -0.4 is 5.56 Å². The van der Waals surface area contributed by atoms with Crippen LogP contribution in [0.4, 0.5) is 0 Å². The second kappa shape index (κ2) is 5.14. The third-order valence-corrected chi connectivity index (χ3v) is 3.48. The van der Waals surface area contributed by atoms with Crippen molar-refractivity contribution < 1.29 is 19.7 Å². The molecule has 0 amide bonds. The molecule has 1 saturated heterocycles. The first kappa shape index (κ1) is 13.8. The molecule has 6 heteroatoms. The number of rotatable bonds is 3. The first-order valence-corrected chi connectivity index (χ1v) is 6.16. The summed E-state index contributed by atoms with van der Waals surface area (Å²) in [6.45, 7) is 2.57. The van der Waals surface area contributed by atoms with Crippen LogP contribution in [-0.4, -0.2) is 39.6 Å². The zero-order chi connectivity index (χ0) is 14.0. The van der Waals surface area contributed by atoms with Crippen molar-refractivity contribution in [3.05, 3.63) is 33.7 Å². The maximum absolute atomic E-state index is 12.1. The lowest BCUT2D eigenvalue weighted by Crippen LogP contribution is -2.43. The van der Waals surface area contributed by atoms with Crippen molar-refractivity contribution in [3.63, 3.8) is 0 Å². The maximum Gasteiger partial charge on any atom is 0.341 e. The second-order valence-electron chi connectivity index (χ2n) is 4.95. The van der Waals surface area contributed by atoms with Crippen LogP contribution in [-0.2, 0) is 11.3 Å². The van der Waals surface area contributed by atoms with E-state index in [-0.39, 0.29) is 12.1 Å². The predicted octanol–water partition coefficient (Wildman–Crippen LogP) is 0.396. The van der Waals surface area contributed by atoms with E-state index in [0.29, 0.717) is 31.6 Å². The van der Waals surface area contributed by atoms with E-state index >= 15 is 0 Å². The Kier molecular flexibility index (Phi) is 3.73. The fourth-order valence-electron chi connectivity index (χ4n) is 2.28. The van der Waals surface area contributed by atoms with E-state index in [1.165, 1.54) is 10.8 Å². The lowest BCUT2D eigenvalue weighted by molar-refractivity contribution is -0.0733. The zero-order valence-corrected chi connectivity index (χ0v) is 10.8. The van der Waals surface area contributed by atoms with E-state index in [1.807, 2.05) is 0 Å². The van der Waals surface area contributed by atoms with Gasteiger partial charge in [0.25, 0.3) is 5.56 Å². The minimum Gasteiger partial charge on any atom is -0.477 e. The van der Waals surface area contributed by atoms with Gasteiger partial charge in [-0.25, -0.2) is 4.79 Å². The fraction of sp³-hybridized carbons (Fsp3) is 0.538. The fourth-order valence-corrected chi connectivity index (χ4v) is 2.28. The molecule has 1 aliphatic rings. The summed E-state index contributed by atoms with van der Waals surface area (Å²) in [6.07, 6.45) is 2.41. The van der Waals surface area contributed by atoms with Gasteiger partial charge in [-0.2, -0.15) is 0 Å². The average Bonchev–Trinajstić information content (AvgIpc) is 2.33. The van der Waals surface area contributed by atoms with Crippen LogP contribution in [0.2, 0.25) is 0 Å². The van der Waals surface area contributed by atoms with Gasteiger partial charge in [0.15, 0.2) is 0 Å². The Morgan fingerprint density at radius 3 is 2.68 bits per heavy atom. The number of hydrogen-bond donors (Lipinski definition) is 2. The molecule has 2 rings (SSSR count). The Morgan fingerprint density at radius 1 is 1.47 bits per heavy atom. The number of ether oxygens (including phenoxy) is 1. The minimum atomic E-state index is -1.24. The molecule has 0 bridgehead atoms. The van der Waals surface area contributed by atoms with Crippen molar-refractivity contribution >= 4 is 5.97 Å². The average molecular weight is 267 g/mol. The number of carboxylic acids is 1. The highest BCUT2D eigenvalue weighted by atomic mass is 16.5. The molecule has 1 aliphatic heterocycles. The molecular formula is C13H17NO5. The quantitative estimate of drug-likeness (QED) is 0.827. The van der Waals surface area contributed by atoms with Gasteiger partial charge in [0, 0.05) is 32.3 Å². The lowest BCUT2D eigenvalue weighted by atomic mass is 9.94. The maximum atomic E-state index is 12.1. The Balaban J connectivity index is 2.33. The summed E-state index contributed by atoms with van der Waals surface area (Å²) in [5.74, 6) is -1.24. The molecule has 6 nitrogen and oxygen atoms in total. The summed E-state index contributed by atoms with van der Waals surface area (Å²) in [5, 5.41) is 19.4. The standard InChI is InChI=1S/C13H17NO5/c1-9-2-5-14(11(15)10(9)12(16)17)8-13(18)3-6-19-7-4-13/h2,5,18H,3-4,6-8H2,1H3,(H,16,17). The molecule has 0 saturated carbocycles. The van der Waals surface area contributed by atoms with E-state index in [9.17, 15) is 14.7 Å². The van der Waals surface area contributed by atoms with E-state index in [1.54, 1.807) is 13.0 Å². The van der Waals surface area contributed by atoms with Gasteiger partial charge in [-0.3, -0.25) is 4.79 Å². The van der Waals surface area contributed by atoms with Gasteiger partial charge in [0.05, 0.1) is 12.1 Å². The number of pyridine rings is 1. The molecule has 0 aromatic carbocycles. The zero-order valence-electron chi connectivity index (χ0n) is 10.8. The number of nitrogens with zero attached hydrogens (tertiary/aromatic N) is 1. The van der Waals surface area contributed by atoms with Crippen LogP contribution in [0, 0.1) is 6.92 Å². The van der Waals surface area contributed by atoms with Crippen molar-refractivity contribution in [1.82, 2.24) is 4.57 Å². The Labute approximate surface area is 110 Å². The minimum absolute atomic E-state index is 0.0930. The van der Waals surface area contributed by atoms with Gasteiger partial charge in [-0.05, 0) is 18.6 Å². The monoisotopic (exact) mass is 267 g/mol. The van der Waals surface area contributed by atoms with E-state index in [2.05, 4.69) is 0 Å². The molecule has 104 valence electrons. The third-order valence-electron chi connectivity index (χ3n) is 3.48. The van der Waals surface area contributed by atoms with Crippen molar-refractivity contribution in [2.75, 3.05) is 13.2 Å². The SMILES string of the molecule is Cc1ccn(CC2(O)CCOCC2)c(=O)c1C(=O)O. The highest BCUT2D eigenvalue weighted by Crippen LogP contribution is 2.22. The molecule has 0 atom stereocenters. The number of aryl methyl sites for hydroxylation is 1. The van der Waals surface area contributed by atoms with Crippen molar-refractivity contribution in [2.24, 2.45) is 0 Å². The number of aromatic nitrogens is 1. The van der Waals surface area contributed by atoms with Gasteiger partial charge >= 0.3 is 5.97 Å². The summed E-state index contributed by atoms with van der Waals surface area (Å²) in [6, 6.07) is 1.58. The van der Waals surface area contributed by atoms with Gasteiger partial charge in [-0.15, -0.1) is 0 Å². The molecule has 1 aromatic rings. The number of aromatic carboxylic acids is 1. The number of carboxylic acid groups (broad SMARTS) is 1. The summed E-state index contributed by atoms with van der Waals surface area (Å²) in [5.41, 5.74) is -1.40. The first-order valence-electron chi connectivity index (χ1n) is 6.16. The van der Waals surface area contributed by atoms with Gasteiger partial charge in [-0.1, -0.05) is 0 Å². The topological polar surface area (TPSA) is 88.8 Å². The second-order valence-corrected chi connectivity index (χ2v) is 4.95. The van der Waals surface area contributed by atoms with Crippen LogP contribution in [0.5, 0.6) is 0 Å². The highest BCUT2D eigenvalue weighted by molar-refractivity contribution is 5.88. The van der Waals surface area contributed by atoms with Crippen LogP contribution in [0.1, 0.15) is 28.8 Å². The summed E-state index contributed by atoms with van der Waals surface area (Å²) >= 11 is 0. The largest absolute Gasteiger partial charge is 0.477 e. The molecule has 2 heterocycles. The molecule has 1 fully saturated rings. The van der Waals surface area contributed by atoms with Crippen LogP contribution >= 0.6 is 0 Å². The molecule has 19 heavy (non-hydrogen) atoms. The third kappa shape index (κ3) is 2.85. The van der Waals surface area contributed by atoms with Crippen LogP contribution in [0.3, 0.4) is 0 Å². The number of carbonyl (C=O) groups is 1. The van der Waals surface area contributed by atoms with Gasteiger partial charge in [0.2, 0.25) is 0 Å². The van der Waals surface area contributed by atoms with E-state index in [4.69, 9.17) is 9.84 Å². The number of hydrogen-bond acceptors (Lipinski definition) is 4. The van der Waals surface area contributed by atoms with E-state index in [0.717, 1.165) is 0 Å². The molecule has 0 radical (unpaired) electrons. The molecule has 2 N–H and O–H groups in total. The van der Waals surface area contributed by atoms with E-state index < -0.39 is 17.1 Å². The van der Waals surface area contributed by atoms with Gasteiger partial charge < -0.3 is 19.5 Å². The van der Waals surface area contributed by atoms with Gasteiger partial charge in [0.1, 0.15) is 5.56 Å². The first-order chi connectivity index (χ1) is 8.93. The van der Waals surface area contributed by atoms with Crippen molar-refractivity contribution in [1.29, 1.82) is 0 Å². The Morgan fingerprint density at radius 2 is 2.11 bits per heavy atom. The number of aliphatic hydroxyl groups is 1. The molecule has 1 aromatic heterocycles. The smallest absolute Gasteiger partial charge is 0.341 e. The summed E-state index contributed by atoms with van der Waals surface area (Å²) < 4.78 is 6.44. The highest BCUT2D eigenvalue weighted by Gasteiger charge is 2.31. The summed E-state index contributed by atoms with van der Waals surface area (Å²) in [4.78, 5) is 23.2. The molecular weight excluding hydrogens is 250 g/mol.